The summed E-state index contributed by atoms with van der Waals surface area (Å²) in [6.45, 7) is 7.42. The summed E-state index contributed by atoms with van der Waals surface area (Å²) in [6, 6.07) is 7.34. The zero-order valence-electron chi connectivity index (χ0n) is 15.4. The van der Waals surface area contributed by atoms with Crippen molar-refractivity contribution in [3.05, 3.63) is 29.8 Å². The van der Waals surface area contributed by atoms with Crippen molar-refractivity contribution in [1.29, 1.82) is 0 Å². The van der Waals surface area contributed by atoms with Crippen molar-refractivity contribution < 1.29 is 19.4 Å². The normalized spacial score (nSPS) is 22.2. The first-order chi connectivity index (χ1) is 11.7. The second-order valence-electron chi connectivity index (χ2n) is 8.27. The second-order valence-corrected chi connectivity index (χ2v) is 8.27. The van der Waals surface area contributed by atoms with E-state index in [1.165, 1.54) is 0 Å². The number of ether oxygens (including phenoxy) is 2. The van der Waals surface area contributed by atoms with Gasteiger partial charge in [0.25, 0.3) is 0 Å². The molecule has 0 radical (unpaired) electrons. The smallest absolute Gasteiger partial charge is 0.168 e. The number of hydrogen-bond donors (Lipinski definition) is 2. The average molecular weight is 347 g/mol. The standard InChI is InChI=1S/C20H29NO4/c1-18(2,3)17(23)14-21-19(15-5-4-6-16(22)13-15)7-9-20(10-8-19)24-11-12-25-20/h4-6,13,21-22H,7-12,14H2,1-3H3. The molecule has 0 atom stereocenters. The Hall–Kier alpha value is -1.43. The van der Waals surface area contributed by atoms with Crippen LogP contribution in [0.2, 0.25) is 0 Å². The minimum Gasteiger partial charge on any atom is -0.508 e. The topological polar surface area (TPSA) is 67.8 Å². The molecule has 1 spiro atoms. The van der Waals surface area contributed by atoms with Crippen molar-refractivity contribution >= 4 is 5.78 Å². The van der Waals surface area contributed by atoms with E-state index < -0.39 is 5.79 Å². The van der Waals surface area contributed by atoms with Crippen LogP contribution in [0.1, 0.15) is 52.0 Å². The summed E-state index contributed by atoms with van der Waals surface area (Å²) >= 11 is 0. The van der Waals surface area contributed by atoms with E-state index in [0.29, 0.717) is 19.8 Å². The number of phenolic OH excluding ortho intramolecular Hbond substituents is 1. The molecule has 1 aromatic carbocycles. The number of phenols is 1. The van der Waals surface area contributed by atoms with Crippen LogP contribution in [0, 0.1) is 5.41 Å². The van der Waals surface area contributed by atoms with Crippen LogP contribution < -0.4 is 5.32 Å². The fourth-order valence-corrected chi connectivity index (χ4v) is 3.73. The first-order valence-corrected chi connectivity index (χ1v) is 9.11. The molecule has 3 rings (SSSR count). The van der Waals surface area contributed by atoms with Crippen molar-refractivity contribution in [3.8, 4) is 5.75 Å². The van der Waals surface area contributed by atoms with E-state index in [1.54, 1.807) is 12.1 Å². The first kappa shape index (κ1) is 18.4. The van der Waals surface area contributed by atoms with Gasteiger partial charge in [-0.25, -0.2) is 0 Å². The minimum atomic E-state index is -0.462. The van der Waals surface area contributed by atoms with Gasteiger partial charge in [-0.05, 0) is 30.5 Å². The Kier molecular flexibility index (Phi) is 4.93. The third-order valence-corrected chi connectivity index (χ3v) is 5.50. The number of Topliss-reactive ketones (excluding diaryl/α,β-unsaturated/α-hetero) is 1. The highest BCUT2D eigenvalue weighted by Gasteiger charge is 2.47. The van der Waals surface area contributed by atoms with Crippen LogP contribution in [0.5, 0.6) is 5.75 Å². The highest BCUT2D eigenvalue weighted by atomic mass is 16.7. The van der Waals surface area contributed by atoms with Gasteiger partial charge in [0.1, 0.15) is 5.75 Å². The lowest BCUT2D eigenvalue weighted by Crippen LogP contribution is -2.52. The molecular formula is C20H29NO4. The molecule has 2 aliphatic rings. The number of carbonyl (C=O) groups is 1. The summed E-state index contributed by atoms with van der Waals surface area (Å²) in [5, 5.41) is 13.4. The Morgan fingerprint density at radius 2 is 1.80 bits per heavy atom. The number of rotatable bonds is 4. The van der Waals surface area contributed by atoms with Gasteiger partial charge in [0.05, 0.1) is 19.8 Å². The first-order valence-electron chi connectivity index (χ1n) is 9.11. The maximum Gasteiger partial charge on any atom is 0.168 e. The summed E-state index contributed by atoms with van der Waals surface area (Å²) in [4.78, 5) is 12.4. The van der Waals surface area contributed by atoms with Crippen LogP contribution in [0.3, 0.4) is 0 Å². The number of ketones is 1. The van der Waals surface area contributed by atoms with Gasteiger partial charge in [-0.15, -0.1) is 0 Å². The summed E-state index contributed by atoms with van der Waals surface area (Å²) in [7, 11) is 0. The molecule has 25 heavy (non-hydrogen) atoms. The molecule has 1 heterocycles. The zero-order chi connectivity index (χ0) is 18.1. The van der Waals surface area contributed by atoms with Gasteiger partial charge in [0.2, 0.25) is 0 Å². The summed E-state index contributed by atoms with van der Waals surface area (Å²) < 4.78 is 11.7. The number of aromatic hydroxyl groups is 1. The lowest BCUT2D eigenvalue weighted by Gasteiger charge is -2.45. The molecule has 138 valence electrons. The van der Waals surface area contributed by atoms with E-state index in [0.717, 1.165) is 31.2 Å². The van der Waals surface area contributed by atoms with E-state index in [4.69, 9.17) is 9.47 Å². The van der Waals surface area contributed by atoms with Crippen LogP contribution in [-0.2, 0) is 19.8 Å². The number of carbonyl (C=O) groups excluding carboxylic acids is 1. The molecule has 5 heteroatoms. The number of nitrogens with one attached hydrogen (secondary N) is 1. The molecule has 5 nitrogen and oxygen atoms in total. The predicted molar refractivity (Wildman–Crippen MR) is 95.4 cm³/mol. The van der Waals surface area contributed by atoms with Gasteiger partial charge in [0, 0.05) is 23.8 Å². The fraction of sp³-hybridized carbons (Fsp3) is 0.650. The molecule has 1 saturated carbocycles. The lowest BCUT2D eigenvalue weighted by atomic mass is 9.74. The molecule has 2 fully saturated rings. The third-order valence-electron chi connectivity index (χ3n) is 5.50. The molecular weight excluding hydrogens is 318 g/mol. The van der Waals surface area contributed by atoms with Crippen LogP contribution in [0.15, 0.2) is 24.3 Å². The molecule has 0 aromatic heterocycles. The fourth-order valence-electron chi connectivity index (χ4n) is 3.73. The number of hydrogen-bond acceptors (Lipinski definition) is 5. The molecule has 1 saturated heterocycles. The maximum absolute atomic E-state index is 12.4. The van der Waals surface area contributed by atoms with Gasteiger partial charge in [0.15, 0.2) is 11.6 Å². The van der Waals surface area contributed by atoms with Crippen molar-refractivity contribution in [2.45, 2.75) is 57.8 Å². The lowest BCUT2D eigenvalue weighted by molar-refractivity contribution is -0.187. The highest BCUT2D eigenvalue weighted by molar-refractivity contribution is 5.85. The highest BCUT2D eigenvalue weighted by Crippen LogP contribution is 2.45. The van der Waals surface area contributed by atoms with Gasteiger partial charge in [-0.2, -0.15) is 0 Å². The average Bonchev–Trinajstić information content (AvgIpc) is 3.02. The van der Waals surface area contributed by atoms with E-state index >= 15 is 0 Å². The van der Waals surface area contributed by atoms with Crippen LogP contribution in [-0.4, -0.2) is 36.4 Å². The van der Waals surface area contributed by atoms with Crippen molar-refractivity contribution in [2.24, 2.45) is 5.41 Å². The minimum absolute atomic E-state index is 0.181. The van der Waals surface area contributed by atoms with Gasteiger partial charge in [-0.3, -0.25) is 4.79 Å². The monoisotopic (exact) mass is 347 g/mol. The molecule has 1 aliphatic heterocycles. The van der Waals surface area contributed by atoms with E-state index in [9.17, 15) is 9.90 Å². The van der Waals surface area contributed by atoms with Crippen molar-refractivity contribution in [3.63, 3.8) is 0 Å². The maximum atomic E-state index is 12.4. The molecule has 0 bridgehead atoms. The van der Waals surface area contributed by atoms with E-state index in [-0.39, 0.29) is 22.5 Å². The van der Waals surface area contributed by atoms with Crippen molar-refractivity contribution in [2.75, 3.05) is 19.8 Å². The molecule has 1 aromatic rings. The zero-order valence-corrected chi connectivity index (χ0v) is 15.4. The Balaban J connectivity index is 1.81. The molecule has 0 amide bonds. The largest absolute Gasteiger partial charge is 0.508 e. The molecule has 2 N–H and O–H groups in total. The Morgan fingerprint density at radius 3 is 2.36 bits per heavy atom. The summed E-state index contributed by atoms with van der Waals surface area (Å²) in [5.41, 5.74) is 0.294. The van der Waals surface area contributed by atoms with Gasteiger partial charge >= 0.3 is 0 Å². The Bertz CT molecular complexity index is 619. The Morgan fingerprint density at radius 1 is 1.16 bits per heavy atom. The van der Waals surface area contributed by atoms with Crippen LogP contribution in [0.25, 0.3) is 0 Å². The quantitative estimate of drug-likeness (QED) is 0.876. The predicted octanol–water partition coefficient (Wildman–Crippen LogP) is 3.11. The molecule has 1 aliphatic carbocycles. The van der Waals surface area contributed by atoms with Gasteiger partial charge in [-0.1, -0.05) is 32.9 Å². The summed E-state index contributed by atoms with van der Waals surface area (Å²) in [5.74, 6) is -0.0362. The van der Waals surface area contributed by atoms with Gasteiger partial charge < -0.3 is 19.9 Å². The molecule has 0 unspecified atom stereocenters. The van der Waals surface area contributed by atoms with Crippen LogP contribution >= 0.6 is 0 Å². The summed E-state index contributed by atoms with van der Waals surface area (Å²) in [6.07, 6.45) is 3.15. The van der Waals surface area contributed by atoms with Crippen molar-refractivity contribution in [1.82, 2.24) is 5.32 Å². The Labute approximate surface area is 149 Å². The van der Waals surface area contributed by atoms with Crippen LogP contribution in [0.4, 0.5) is 0 Å². The SMILES string of the molecule is CC(C)(C)C(=O)CNC1(c2cccc(O)c2)CCC2(CC1)OCCO2. The second kappa shape index (κ2) is 6.71. The number of benzene rings is 1. The van der Waals surface area contributed by atoms with E-state index in [1.807, 2.05) is 32.9 Å². The van der Waals surface area contributed by atoms with E-state index in [2.05, 4.69) is 5.32 Å². The third kappa shape index (κ3) is 3.89.